The van der Waals surface area contributed by atoms with Crippen LogP contribution in [0.15, 0.2) is 156 Å². The molecule has 0 atom stereocenters. The average Bonchev–Trinajstić information content (AvgIpc) is 3.62. The molecule has 0 aliphatic heterocycles. The highest BCUT2D eigenvalue weighted by Gasteiger charge is 2.17. The molecule has 0 unspecified atom stereocenters. The molecule has 2 nitrogen and oxygen atoms in total. The molecule has 0 fully saturated rings. The second kappa shape index (κ2) is 9.43. The Kier molecular flexibility index (Phi) is 5.19. The van der Waals surface area contributed by atoms with Crippen LogP contribution in [0, 0.1) is 0 Å². The van der Waals surface area contributed by atoms with Gasteiger partial charge in [0.15, 0.2) is 0 Å². The molecule has 3 heterocycles. The van der Waals surface area contributed by atoms with E-state index >= 15 is 0 Å². The molecule has 0 saturated carbocycles. The van der Waals surface area contributed by atoms with Gasteiger partial charge in [0, 0.05) is 47.4 Å². The normalized spacial score (nSPS) is 12.0. The summed E-state index contributed by atoms with van der Waals surface area (Å²) in [6.07, 6.45) is 0. The van der Waals surface area contributed by atoms with Crippen molar-refractivity contribution < 1.29 is 4.42 Å². The lowest BCUT2D eigenvalue weighted by Crippen LogP contribution is -1.92. The molecule has 0 aliphatic rings. The fourth-order valence-electron chi connectivity index (χ4n) is 7.21. The highest BCUT2D eigenvalue weighted by atomic mass is 32.1. The van der Waals surface area contributed by atoms with Crippen molar-refractivity contribution in [1.29, 1.82) is 0 Å². The van der Waals surface area contributed by atoms with Gasteiger partial charge in [-0.2, -0.15) is 0 Å². The molecule has 7 aromatic carbocycles. The van der Waals surface area contributed by atoms with Crippen molar-refractivity contribution in [2.24, 2.45) is 0 Å². The van der Waals surface area contributed by atoms with Crippen LogP contribution >= 0.6 is 11.3 Å². The van der Waals surface area contributed by atoms with Crippen LogP contribution in [0.4, 0.5) is 0 Å². The highest BCUT2D eigenvalue weighted by Crippen LogP contribution is 2.43. The van der Waals surface area contributed by atoms with Gasteiger partial charge in [-0.15, -0.1) is 11.3 Å². The maximum absolute atomic E-state index is 6.71. The Labute approximate surface area is 262 Å². The molecule has 0 spiro atoms. The van der Waals surface area contributed by atoms with Crippen molar-refractivity contribution in [3.8, 4) is 5.69 Å². The molecule has 0 radical (unpaired) electrons. The minimum atomic E-state index is 0.867. The van der Waals surface area contributed by atoms with Gasteiger partial charge in [0.25, 0.3) is 0 Å². The van der Waals surface area contributed by atoms with Crippen molar-refractivity contribution in [1.82, 2.24) is 4.57 Å². The second-order valence-electron chi connectivity index (χ2n) is 11.7. The van der Waals surface area contributed by atoms with Crippen molar-refractivity contribution >= 4 is 96.8 Å². The zero-order chi connectivity index (χ0) is 29.5. The third-order valence-electron chi connectivity index (χ3n) is 9.21. The molecule has 45 heavy (non-hydrogen) atoms. The van der Waals surface area contributed by atoms with E-state index in [1.165, 1.54) is 69.2 Å². The SMILES string of the molecule is c1ccc(-n2c3ccccc3c3cc4c(cc32)sc2cc3c(cc24)c2ccccc2oc2ccccc2c2ccccc23)cc1. The van der Waals surface area contributed by atoms with E-state index < -0.39 is 0 Å². The number of hydrogen-bond acceptors (Lipinski definition) is 2. The molecule has 0 saturated heterocycles. The number of nitrogens with zero attached hydrogens (tertiary/aromatic N) is 1. The summed E-state index contributed by atoms with van der Waals surface area (Å²) in [5.74, 6) is 0. The molecular formula is C42H25NOS. The van der Waals surface area contributed by atoms with Gasteiger partial charge in [-0.1, -0.05) is 97.1 Å². The Balaban J connectivity index is 1.41. The van der Waals surface area contributed by atoms with Gasteiger partial charge in [0.05, 0.1) is 11.0 Å². The highest BCUT2D eigenvalue weighted by molar-refractivity contribution is 7.26. The van der Waals surface area contributed by atoms with E-state index in [0.717, 1.165) is 21.9 Å². The third kappa shape index (κ3) is 3.62. The lowest BCUT2D eigenvalue weighted by molar-refractivity contribution is 0.663. The van der Waals surface area contributed by atoms with E-state index in [4.69, 9.17) is 4.42 Å². The van der Waals surface area contributed by atoms with Crippen LogP contribution in [-0.4, -0.2) is 4.57 Å². The quantitative estimate of drug-likeness (QED) is 0.186. The van der Waals surface area contributed by atoms with Gasteiger partial charge in [0.1, 0.15) is 11.2 Å². The van der Waals surface area contributed by atoms with E-state index in [-0.39, 0.29) is 0 Å². The minimum absolute atomic E-state index is 0.867. The first kappa shape index (κ1) is 24.8. The Bertz CT molecular complexity index is 2870. The Hall–Kier alpha value is -5.64. The van der Waals surface area contributed by atoms with Crippen molar-refractivity contribution in [3.05, 3.63) is 152 Å². The molecule has 3 heteroatoms. The molecule has 0 amide bonds. The summed E-state index contributed by atoms with van der Waals surface area (Å²) < 4.78 is 11.7. The summed E-state index contributed by atoms with van der Waals surface area (Å²) in [5.41, 5.74) is 5.37. The summed E-state index contributed by atoms with van der Waals surface area (Å²) in [7, 11) is 0. The first-order valence-corrected chi connectivity index (χ1v) is 16.1. The van der Waals surface area contributed by atoms with Gasteiger partial charge >= 0.3 is 0 Å². The maximum Gasteiger partial charge on any atom is 0.135 e. The van der Waals surface area contributed by atoms with Crippen LogP contribution in [-0.2, 0) is 0 Å². The average molecular weight is 592 g/mol. The molecule has 10 rings (SSSR count). The summed E-state index contributed by atoms with van der Waals surface area (Å²) in [6, 6.07) is 54.6. The van der Waals surface area contributed by atoms with Gasteiger partial charge < -0.3 is 8.98 Å². The van der Waals surface area contributed by atoms with E-state index in [1.54, 1.807) is 0 Å². The predicted octanol–water partition coefficient (Wildman–Crippen LogP) is 12.5. The molecule has 0 bridgehead atoms. The topological polar surface area (TPSA) is 18.1 Å². The number of fused-ring (bicyclic) bond motifs is 13. The van der Waals surface area contributed by atoms with E-state index in [9.17, 15) is 0 Å². The summed E-state index contributed by atoms with van der Waals surface area (Å²) in [5, 5.41) is 12.1. The fraction of sp³-hybridized carbons (Fsp3) is 0. The molecule has 210 valence electrons. The first-order valence-electron chi connectivity index (χ1n) is 15.3. The van der Waals surface area contributed by atoms with Gasteiger partial charge in [-0.05, 0) is 76.1 Å². The molecule has 0 N–H and O–H groups in total. The van der Waals surface area contributed by atoms with Gasteiger partial charge in [-0.25, -0.2) is 0 Å². The number of hydrogen-bond donors (Lipinski definition) is 0. The van der Waals surface area contributed by atoms with E-state index in [0.29, 0.717) is 0 Å². The fourth-order valence-corrected chi connectivity index (χ4v) is 8.35. The largest absolute Gasteiger partial charge is 0.456 e. The molecule has 0 aliphatic carbocycles. The van der Waals surface area contributed by atoms with Crippen LogP contribution < -0.4 is 0 Å². The number of aromatic nitrogens is 1. The van der Waals surface area contributed by atoms with E-state index in [1.807, 2.05) is 17.4 Å². The zero-order valence-electron chi connectivity index (χ0n) is 24.2. The summed E-state index contributed by atoms with van der Waals surface area (Å²) >= 11 is 1.88. The smallest absolute Gasteiger partial charge is 0.135 e. The Morgan fingerprint density at radius 1 is 0.356 bits per heavy atom. The van der Waals surface area contributed by atoms with Crippen molar-refractivity contribution in [2.45, 2.75) is 0 Å². The van der Waals surface area contributed by atoms with Crippen LogP contribution in [0.25, 0.3) is 91.1 Å². The van der Waals surface area contributed by atoms with Crippen LogP contribution in [0.1, 0.15) is 0 Å². The van der Waals surface area contributed by atoms with Gasteiger partial charge in [-0.3, -0.25) is 0 Å². The third-order valence-corrected chi connectivity index (χ3v) is 10.3. The molecule has 10 aromatic rings. The monoisotopic (exact) mass is 591 g/mol. The second-order valence-corrected chi connectivity index (χ2v) is 12.8. The lowest BCUT2D eigenvalue weighted by Gasteiger charge is -2.07. The van der Waals surface area contributed by atoms with Crippen LogP contribution in [0.2, 0.25) is 0 Å². The Morgan fingerprint density at radius 3 is 1.60 bits per heavy atom. The standard InChI is InChI=1S/C42H25NOS/c1-2-12-26(13-3-1)43-37-19-9-6-16-29(37)34-23-36-35-22-32-31-18-8-11-21-40(31)44-39-20-10-7-17-30(39)27-14-4-5-15-28(27)33(32)24-41(35)45-42(36)25-38(34)43/h1-25H. The van der Waals surface area contributed by atoms with Crippen LogP contribution in [0.3, 0.4) is 0 Å². The molecular weight excluding hydrogens is 567 g/mol. The van der Waals surface area contributed by atoms with Crippen molar-refractivity contribution in [2.75, 3.05) is 0 Å². The Morgan fingerprint density at radius 2 is 0.867 bits per heavy atom. The minimum Gasteiger partial charge on any atom is -0.456 e. The molecule has 3 aromatic heterocycles. The first-order chi connectivity index (χ1) is 22.3. The lowest BCUT2D eigenvalue weighted by atomic mass is 9.99. The summed E-state index contributed by atoms with van der Waals surface area (Å²) in [6.45, 7) is 0. The summed E-state index contributed by atoms with van der Waals surface area (Å²) in [4.78, 5) is 0. The predicted molar refractivity (Wildman–Crippen MR) is 194 cm³/mol. The number of rotatable bonds is 1. The zero-order valence-corrected chi connectivity index (χ0v) is 25.0. The van der Waals surface area contributed by atoms with E-state index in [2.05, 4.69) is 150 Å². The van der Waals surface area contributed by atoms with Crippen molar-refractivity contribution in [3.63, 3.8) is 0 Å². The van der Waals surface area contributed by atoms with Gasteiger partial charge in [0.2, 0.25) is 0 Å². The number of para-hydroxylation sites is 4. The van der Waals surface area contributed by atoms with Crippen LogP contribution in [0.5, 0.6) is 0 Å². The number of thiophene rings is 1. The number of benzene rings is 7. The maximum atomic E-state index is 6.71.